The third-order valence-electron chi connectivity index (χ3n) is 11.3. The van der Waals surface area contributed by atoms with Crippen molar-refractivity contribution in [3.63, 3.8) is 0 Å². The summed E-state index contributed by atoms with van der Waals surface area (Å²) < 4.78 is 13.3. The van der Waals surface area contributed by atoms with Gasteiger partial charge in [-0.25, -0.2) is 4.79 Å². The number of hydrogen-bond acceptors (Lipinski definition) is 9. The number of hydrogen-bond donors (Lipinski definition) is 4. The summed E-state index contributed by atoms with van der Waals surface area (Å²) in [6, 6.07) is 3.29. The van der Waals surface area contributed by atoms with Crippen LogP contribution in [0.15, 0.2) is 29.7 Å². The molecular weight excluding hydrogens is 502 g/mol. The Kier molecular flexibility index (Phi) is 6.13. The number of aliphatic hydroxyl groups excluding tert-OH is 2. The Labute approximate surface area is 228 Å². The second kappa shape index (κ2) is 8.97. The monoisotopic (exact) mass is 541 g/mol. The highest BCUT2D eigenvalue weighted by atomic mass is 16.6. The van der Waals surface area contributed by atoms with Crippen molar-refractivity contribution in [2.45, 2.75) is 89.9 Å². The van der Waals surface area contributed by atoms with Crippen molar-refractivity contribution in [3.05, 3.63) is 30.1 Å². The number of carbonyl (C=O) groups is 2. The van der Waals surface area contributed by atoms with Crippen molar-refractivity contribution in [3.8, 4) is 0 Å². The number of esters is 1. The van der Waals surface area contributed by atoms with Crippen LogP contribution in [0.3, 0.4) is 0 Å². The van der Waals surface area contributed by atoms with Gasteiger partial charge in [0.15, 0.2) is 0 Å². The number of aromatic nitrogens is 1. The molecule has 3 heterocycles. The maximum Gasteiger partial charge on any atom is 0.340 e. The number of amides is 1. The SMILES string of the molecule is CC1CCC2C(C)(C)C(=NO)C(OC(=O)c3cccnc3)CC23OC2C(CC13C)C(O)CC1C(=O)NC(O)C12. The van der Waals surface area contributed by atoms with Gasteiger partial charge in [-0.1, -0.05) is 32.9 Å². The maximum atomic E-state index is 13.2. The molecule has 1 spiro atoms. The van der Waals surface area contributed by atoms with E-state index in [0.717, 1.165) is 12.8 Å². The van der Waals surface area contributed by atoms with Gasteiger partial charge in [0.2, 0.25) is 5.91 Å². The number of carbonyl (C=O) groups excluding carboxylic acids is 2. The first-order chi connectivity index (χ1) is 18.4. The second-order valence-corrected chi connectivity index (χ2v) is 13.3. The number of oxime groups is 1. The first kappa shape index (κ1) is 26.7. The number of aliphatic hydroxyl groups is 2. The van der Waals surface area contributed by atoms with E-state index >= 15 is 0 Å². The Morgan fingerprint density at radius 1 is 1.23 bits per heavy atom. The summed E-state index contributed by atoms with van der Waals surface area (Å²) in [6.45, 7) is 8.45. The van der Waals surface area contributed by atoms with Gasteiger partial charge in [0.1, 0.15) is 18.0 Å². The Morgan fingerprint density at radius 2 is 2.00 bits per heavy atom. The number of fused-ring (bicyclic) bond motifs is 3. The minimum atomic E-state index is -1.05. The van der Waals surface area contributed by atoms with Gasteiger partial charge in [-0.3, -0.25) is 9.78 Å². The number of ether oxygens (including phenoxy) is 2. The lowest BCUT2D eigenvalue weighted by Gasteiger charge is -2.70. The highest BCUT2D eigenvalue weighted by molar-refractivity contribution is 5.98. The minimum absolute atomic E-state index is 0.0777. The van der Waals surface area contributed by atoms with Crippen molar-refractivity contribution in [2.24, 2.45) is 45.6 Å². The molecule has 0 bridgehead atoms. The Hall–Kier alpha value is -2.56. The molecule has 39 heavy (non-hydrogen) atoms. The summed E-state index contributed by atoms with van der Waals surface area (Å²) in [6.07, 6.45) is 2.85. The van der Waals surface area contributed by atoms with Gasteiger partial charge < -0.3 is 30.2 Å². The molecule has 6 rings (SSSR count). The van der Waals surface area contributed by atoms with Crippen molar-refractivity contribution in [2.75, 3.05) is 0 Å². The molecular formula is C29H39N3O7. The molecule has 1 aromatic rings. The van der Waals surface area contributed by atoms with E-state index in [2.05, 4.69) is 29.3 Å². The summed E-state index contributed by atoms with van der Waals surface area (Å²) in [7, 11) is 0. The van der Waals surface area contributed by atoms with Crippen LogP contribution in [0.2, 0.25) is 0 Å². The average Bonchev–Trinajstić information content (AvgIpc) is 3.17. The van der Waals surface area contributed by atoms with Crippen LogP contribution >= 0.6 is 0 Å². The fourth-order valence-electron chi connectivity index (χ4n) is 9.19. The second-order valence-electron chi connectivity index (χ2n) is 13.3. The van der Waals surface area contributed by atoms with Crippen LogP contribution in [0.1, 0.15) is 70.2 Å². The standard InChI is InChI=1S/C29H39N3O7/c1-14-7-8-20-27(2,3)23(32-37)19(38-26(36)15-6-5-9-30-13-15)12-29(20)28(14,4)11-17-18(33)10-16-21(22(17)39-29)25(35)31-24(16)34/h5-6,9,13-14,16-22,25,33,35,37H,7-8,10-12H2,1-4H3,(H,31,34). The van der Waals surface area contributed by atoms with Gasteiger partial charge in [-0.2, -0.15) is 0 Å². The van der Waals surface area contributed by atoms with Crippen LogP contribution in [-0.2, 0) is 14.3 Å². The summed E-state index contributed by atoms with van der Waals surface area (Å²) in [5.74, 6) is -1.89. The number of nitrogens with one attached hydrogen (secondary N) is 1. The third-order valence-corrected chi connectivity index (χ3v) is 11.3. The molecule has 2 aliphatic heterocycles. The molecule has 4 N–H and O–H groups in total. The van der Waals surface area contributed by atoms with Crippen molar-refractivity contribution < 1.29 is 34.5 Å². The van der Waals surface area contributed by atoms with Crippen LogP contribution in [-0.4, -0.2) is 68.1 Å². The molecule has 3 saturated carbocycles. The fraction of sp³-hybridized carbons (Fsp3) is 0.724. The van der Waals surface area contributed by atoms with E-state index in [1.54, 1.807) is 18.3 Å². The predicted molar refractivity (Wildman–Crippen MR) is 139 cm³/mol. The van der Waals surface area contributed by atoms with Gasteiger partial charge in [-0.05, 0) is 49.7 Å². The van der Waals surface area contributed by atoms with Gasteiger partial charge >= 0.3 is 5.97 Å². The van der Waals surface area contributed by atoms with Crippen molar-refractivity contribution in [1.29, 1.82) is 0 Å². The van der Waals surface area contributed by atoms with Gasteiger partial charge in [0, 0.05) is 41.5 Å². The van der Waals surface area contributed by atoms with Crippen LogP contribution in [0, 0.1) is 40.4 Å². The smallest absolute Gasteiger partial charge is 0.340 e. The minimum Gasteiger partial charge on any atom is -0.452 e. The molecule has 212 valence electrons. The molecule has 10 heteroatoms. The molecule has 5 fully saturated rings. The summed E-state index contributed by atoms with van der Waals surface area (Å²) >= 11 is 0. The quantitative estimate of drug-likeness (QED) is 0.253. The third kappa shape index (κ3) is 3.63. The zero-order chi connectivity index (χ0) is 27.9. The van der Waals surface area contributed by atoms with Gasteiger partial charge in [0.05, 0.1) is 29.3 Å². The molecule has 11 atom stereocenters. The summed E-state index contributed by atoms with van der Waals surface area (Å²) in [5.41, 5.74) is -1.19. The highest BCUT2D eigenvalue weighted by Gasteiger charge is 2.72. The predicted octanol–water partition coefficient (Wildman–Crippen LogP) is 2.51. The first-order valence-electron chi connectivity index (χ1n) is 14.1. The number of nitrogens with zero attached hydrogens (tertiary/aromatic N) is 2. The fourth-order valence-corrected chi connectivity index (χ4v) is 9.19. The molecule has 2 saturated heterocycles. The van der Waals surface area contributed by atoms with E-state index in [1.807, 2.05) is 13.8 Å². The van der Waals surface area contributed by atoms with E-state index in [1.165, 1.54) is 6.20 Å². The lowest BCUT2D eigenvalue weighted by molar-refractivity contribution is -0.328. The van der Waals surface area contributed by atoms with E-state index in [9.17, 15) is 25.0 Å². The largest absolute Gasteiger partial charge is 0.452 e. The topological polar surface area (TPSA) is 151 Å². The molecule has 11 unspecified atom stereocenters. The maximum absolute atomic E-state index is 13.2. The van der Waals surface area contributed by atoms with E-state index in [-0.39, 0.29) is 30.1 Å². The Balaban J connectivity index is 1.44. The van der Waals surface area contributed by atoms with Crippen LogP contribution < -0.4 is 5.32 Å². The lowest BCUT2D eigenvalue weighted by atomic mass is 9.42. The number of pyridine rings is 1. The van der Waals surface area contributed by atoms with Gasteiger partial charge in [-0.15, -0.1) is 0 Å². The zero-order valence-corrected chi connectivity index (χ0v) is 22.9. The summed E-state index contributed by atoms with van der Waals surface area (Å²) in [4.78, 5) is 29.9. The normalized spacial score (nSPS) is 47.3. The zero-order valence-electron chi connectivity index (χ0n) is 22.9. The van der Waals surface area contributed by atoms with Crippen molar-refractivity contribution in [1.82, 2.24) is 10.3 Å². The Morgan fingerprint density at radius 3 is 2.69 bits per heavy atom. The average molecular weight is 542 g/mol. The summed E-state index contributed by atoms with van der Waals surface area (Å²) in [5, 5.41) is 38.7. The van der Waals surface area contributed by atoms with Crippen LogP contribution in [0.5, 0.6) is 0 Å². The van der Waals surface area contributed by atoms with Crippen LogP contribution in [0.4, 0.5) is 0 Å². The molecule has 5 aliphatic rings. The molecule has 1 amide bonds. The molecule has 10 nitrogen and oxygen atoms in total. The molecule has 0 aromatic carbocycles. The molecule has 1 aromatic heterocycles. The molecule has 3 aliphatic carbocycles. The van der Waals surface area contributed by atoms with E-state index in [4.69, 9.17) is 9.47 Å². The van der Waals surface area contributed by atoms with Crippen LogP contribution in [0.25, 0.3) is 0 Å². The molecule has 0 radical (unpaired) electrons. The first-order valence-corrected chi connectivity index (χ1v) is 14.1. The van der Waals surface area contributed by atoms with Crippen molar-refractivity contribution >= 4 is 17.6 Å². The number of rotatable bonds is 2. The van der Waals surface area contributed by atoms with E-state index in [0.29, 0.717) is 24.1 Å². The highest BCUT2D eigenvalue weighted by Crippen LogP contribution is 2.68. The Bertz CT molecular complexity index is 1190. The lowest BCUT2D eigenvalue weighted by Crippen LogP contribution is -2.74. The van der Waals surface area contributed by atoms with E-state index < -0.39 is 58.8 Å². The van der Waals surface area contributed by atoms with Gasteiger partial charge in [0.25, 0.3) is 0 Å².